The number of rotatable bonds is 7. The molecule has 0 N–H and O–H groups in total. The quantitative estimate of drug-likeness (QED) is 0.272. The molecule has 7 nitrogen and oxygen atoms in total. The van der Waals surface area contributed by atoms with Gasteiger partial charge in [0.05, 0.1) is 17.1 Å². The molecule has 1 fully saturated rings. The lowest BCUT2D eigenvalue weighted by Crippen LogP contribution is -2.49. The Morgan fingerprint density at radius 1 is 1.32 bits per heavy atom. The van der Waals surface area contributed by atoms with Crippen LogP contribution in [0.4, 0.5) is 10.1 Å². The Balaban J connectivity index is 1.66. The van der Waals surface area contributed by atoms with Gasteiger partial charge in [0, 0.05) is 50.6 Å². The van der Waals surface area contributed by atoms with E-state index in [1.165, 1.54) is 31.4 Å². The largest absolute Gasteiger partial charge is 0.495 e. The molecule has 3 rings (SSSR count). The minimum absolute atomic E-state index is 0.0700. The van der Waals surface area contributed by atoms with Crippen molar-refractivity contribution in [1.82, 2.24) is 9.80 Å². The van der Waals surface area contributed by atoms with E-state index >= 15 is 0 Å². The molecule has 0 saturated carbocycles. The zero-order chi connectivity index (χ0) is 22.5. The molecular weight excluding hydrogens is 425 g/mol. The number of nitrogens with zero attached hydrogens (tertiary/aromatic N) is 3. The van der Waals surface area contributed by atoms with Gasteiger partial charge in [0.15, 0.2) is 5.78 Å². The number of hydrogen-bond acceptors (Lipinski definition) is 6. The lowest BCUT2D eigenvalue weighted by Gasteiger charge is -2.39. The van der Waals surface area contributed by atoms with Gasteiger partial charge in [-0.3, -0.25) is 19.8 Å². The van der Waals surface area contributed by atoms with Gasteiger partial charge in [-0.2, -0.15) is 0 Å². The smallest absolute Gasteiger partial charge is 0.282 e. The van der Waals surface area contributed by atoms with E-state index in [2.05, 4.69) is 4.90 Å². The summed E-state index contributed by atoms with van der Waals surface area (Å²) in [5.41, 5.74) is 0.597. The molecule has 0 aromatic heterocycles. The molecule has 0 bridgehead atoms. The second-order valence-electron chi connectivity index (χ2n) is 7.39. The number of benzene rings is 2. The molecule has 0 unspecified atom stereocenters. The third-order valence-corrected chi connectivity index (χ3v) is 5.53. The van der Waals surface area contributed by atoms with E-state index in [1.807, 2.05) is 11.8 Å². The fraction of sp³-hybridized carbons (Fsp3) is 0.318. The Kier molecular flexibility index (Phi) is 7.25. The van der Waals surface area contributed by atoms with Crippen LogP contribution in [0.3, 0.4) is 0 Å². The van der Waals surface area contributed by atoms with Crippen molar-refractivity contribution < 1.29 is 18.8 Å². The highest BCUT2D eigenvalue weighted by molar-refractivity contribution is 6.32. The fourth-order valence-electron chi connectivity index (χ4n) is 3.56. The Hall–Kier alpha value is -2.97. The monoisotopic (exact) mass is 447 g/mol. The highest BCUT2D eigenvalue weighted by Crippen LogP contribution is 2.32. The average molecular weight is 448 g/mol. The van der Waals surface area contributed by atoms with Crippen LogP contribution in [0.25, 0.3) is 0 Å². The molecule has 1 aliphatic rings. The zero-order valence-corrected chi connectivity index (χ0v) is 18.0. The van der Waals surface area contributed by atoms with Gasteiger partial charge in [-0.05, 0) is 30.7 Å². The van der Waals surface area contributed by atoms with Crippen molar-refractivity contribution in [2.45, 2.75) is 19.5 Å². The summed E-state index contributed by atoms with van der Waals surface area (Å²) in [5.74, 6) is -0.551. The molecule has 0 radical (unpaired) electrons. The zero-order valence-electron chi connectivity index (χ0n) is 17.3. The molecule has 1 heterocycles. The number of carbonyl (C=O) groups excluding carboxylic acids is 1. The second kappa shape index (κ2) is 9.89. The number of carbonyl (C=O) groups is 1. The topological polar surface area (TPSA) is 75.9 Å². The van der Waals surface area contributed by atoms with Crippen molar-refractivity contribution in [3.63, 3.8) is 0 Å². The first-order valence-corrected chi connectivity index (χ1v) is 10.1. The summed E-state index contributed by atoms with van der Waals surface area (Å²) >= 11 is 5.96. The van der Waals surface area contributed by atoms with Crippen LogP contribution >= 0.6 is 11.6 Å². The van der Waals surface area contributed by atoms with Crippen LogP contribution in [0.1, 0.15) is 22.8 Å². The SMILES string of the molecule is COc1cc(C(=O)C=CN2CCN(Cc3ccc(F)cc3)C[C@H]2C)c([N+](=O)[O-])cc1Cl. The van der Waals surface area contributed by atoms with Crippen LogP contribution in [-0.2, 0) is 6.54 Å². The minimum Gasteiger partial charge on any atom is -0.495 e. The van der Waals surface area contributed by atoms with Crippen molar-refractivity contribution in [3.8, 4) is 5.75 Å². The van der Waals surface area contributed by atoms with Crippen LogP contribution in [0.15, 0.2) is 48.7 Å². The fourth-order valence-corrected chi connectivity index (χ4v) is 3.80. The van der Waals surface area contributed by atoms with E-state index in [0.29, 0.717) is 6.54 Å². The predicted octanol–water partition coefficient (Wildman–Crippen LogP) is 4.30. The van der Waals surface area contributed by atoms with Gasteiger partial charge in [-0.15, -0.1) is 0 Å². The first kappa shape index (κ1) is 22.7. The maximum absolute atomic E-state index is 13.1. The second-order valence-corrected chi connectivity index (χ2v) is 7.80. The van der Waals surface area contributed by atoms with Crippen LogP contribution < -0.4 is 4.74 Å². The van der Waals surface area contributed by atoms with E-state index in [9.17, 15) is 19.3 Å². The molecule has 0 spiro atoms. The molecule has 9 heteroatoms. The van der Waals surface area contributed by atoms with E-state index in [0.717, 1.165) is 31.3 Å². The average Bonchev–Trinajstić information content (AvgIpc) is 2.74. The van der Waals surface area contributed by atoms with Crippen LogP contribution in [0, 0.1) is 15.9 Å². The van der Waals surface area contributed by atoms with Crippen LogP contribution in [0.5, 0.6) is 5.75 Å². The highest BCUT2D eigenvalue weighted by Gasteiger charge is 2.24. The minimum atomic E-state index is -0.636. The highest BCUT2D eigenvalue weighted by atomic mass is 35.5. The van der Waals surface area contributed by atoms with E-state index in [-0.39, 0.29) is 33.9 Å². The van der Waals surface area contributed by atoms with Crippen molar-refractivity contribution >= 4 is 23.1 Å². The van der Waals surface area contributed by atoms with Crippen molar-refractivity contribution in [2.75, 3.05) is 26.7 Å². The van der Waals surface area contributed by atoms with E-state index < -0.39 is 10.7 Å². The molecule has 31 heavy (non-hydrogen) atoms. The van der Waals surface area contributed by atoms with Gasteiger partial charge in [0.2, 0.25) is 0 Å². The molecule has 2 aromatic rings. The number of piperazine rings is 1. The Bertz CT molecular complexity index is 997. The Labute approximate surface area is 184 Å². The number of ether oxygens (including phenoxy) is 1. The summed E-state index contributed by atoms with van der Waals surface area (Å²) in [6, 6.07) is 9.00. The van der Waals surface area contributed by atoms with Crippen LogP contribution in [-0.4, -0.2) is 53.3 Å². The van der Waals surface area contributed by atoms with Crippen molar-refractivity contribution in [2.24, 2.45) is 0 Å². The van der Waals surface area contributed by atoms with Crippen molar-refractivity contribution in [1.29, 1.82) is 0 Å². The van der Waals surface area contributed by atoms with E-state index in [1.54, 1.807) is 18.3 Å². The maximum Gasteiger partial charge on any atom is 0.282 e. The molecule has 1 saturated heterocycles. The Morgan fingerprint density at radius 2 is 2.03 bits per heavy atom. The number of hydrogen-bond donors (Lipinski definition) is 0. The number of nitro benzene ring substituents is 1. The lowest BCUT2D eigenvalue weighted by atomic mass is 10.1. The molecule has 164 valence electrons. The van der Waals surface area contributed by atoms with Gasteiger partial charge in [-0.25, -0.2) is 4.39 Å². The molecule has 0 aliphatic carbocycles. The number of nitro groups is 1. The number of allylic oxidation sites excluding steroid dienone is 1. The van der Waals surface area contributed by atoms with E-state index in [4.69, 9.17) is 16.3 Å². The first-order chi connectivity index (χ1) is 14.8. The standard InChI is InChI=1S/C22H23ClFN3O4/c1-15-13-25(14-16-3-5-17(24)6-4-16)9-10-26(15)8-7-21(28)18-11-22(31-2)19(23)12-20(18)27(29)30/h3-8,11-12,15H,9-10,13-14H2,1-2H3/t15-/m1/s1. The van der Waals surface area contributed by atoms with Crippen molar-refractivity contribution in [3.05, 3.63) is 80.8 Å². The number of ketones is 1. The molecular formula is C22H23ClFN3O4. The third-order valence-electron chi connectivity index (χ3n) is 5.23. The van der Waals surface area contributed by atoms with Gasteiger partial charge in [-0.1, -0.05) is 23.7 Å². The molecule has 0 amide bonds. The van der Waals surface area contributed by atoms with Gasteiger partial charge in [0.25, 0.3) is 5.69 Å². The summed E-state index contributed by atoms with van der Waals surface area (Å²) in [6.45, 7) is 5.00. The normalized spacial score (nSPS) is 17.2. The van der Waals surface area contributed by atoms with Gasteiger partial charge < -0.3 is 9.64 Å². The predicted molar refractivity (Wildman–Crippen MR) is 116 cm³/mol. The third kappa shape index (κ3) is 5.59. The van der Waals surface area contributed by atoms with Gasteiger partial charge >= 0.3 is 0 Å². The number of methoxy groups -OCH3 is 1. The first-order valence-electron chi connectivity index (χ1n) is 9.75. The van der Waals surface area contributed by atoms with Crippen LogP contribution in [0.2, 0.25) is 5.02 Å². The summed E-state index contributed by atoms with van der Waals surface area (Å²) in [6.07, 6.45) is 3.01. The Morgan fingerprint density at radius 3 is 2.65 bits per heavy atom. The molecule has 2 aromatic carbocycles. The summed E-state index contributed by atoms with van der Waals surface area (Å²) in [4.78, 5) is 27.7. The summed E-state index contributed by atoms with van der Waals surface area (Å²) in [7, 11) is 1.38. The summed E-state index contributed by atoms with van der Waals surface area (Å²) in [5, 5.41) is 11.4. The van der Waals surface area contributed by atoms with Gasteiger partial charge in [0.1, 0.15) is 17.1 Å². The summed E-state index contributed by atoms with van der Waals surface area (Å²) < 4.78 is 18.2. The number of halogens is 2. The maximum atomic E-state index is 13.1. The lowest BCUT2D eigenvalue weighted by molar-refractivity contribution is -0.385. The molecule has 1 aliphatic heterocycles. The molecule has 1 atom stereocenters.